The largest absolute Gasteiger partial charge is 0.486 e. The molecule has 0 amide bonds. The smallest absolute Gasteiger partial charge is 0.170 e. The third-order valence-corrected chi connectivity index (χ3v) is 3.18. The van der Waals surface area contributed by atoms with Gasteiger partial charge in [0.05, 0.1) is 5.52 Å². The highest BCUT2D eigenvalue weighted by Gasteiger charge is 2.12. The summed E-state index contributed by atoms with van der Waals surface area (Å²) in [7, 11) is 0. The van der Waals surface area contributed by atoms with E-state index in [2.05, 4.69) is 4.98 Å². The summed E-state index contributed by atoms with van der Waals surface area (Å²) in [5, 5.41) is 0. The first-order valence-electron chi connectivity index (χ1n) is 6.39. The van der Waals surface area contributed by atoms with Crippen LogP contribution in [0.3, 0.4) is 0 Å². The molecule has 0 radical (unpaired) electrons. The number of fused-ring (bicyclic) bond motifs is 1. The molecule has 2 heterocycles. The highest BCUT2D eigenvalue weighted by atomic mass is 16.5. The van der Waals surface area contributed by atoms with Crippen LogP contribution in [0.1, 0.15) is 22.0 Å². The van der Waals surface area contributed by atoms with E-state index in [1.807, 2.05) is 59.9 Å². The third-order valence-electron chi connectivity index (χ3n) is 3.18. The van der Waals surface area contributed by atoms with E-state index in [9.17, 15) is 4.79 Å². The minimum Gasteiger partial charge on any atom is -0.486 e. The summed E-state index contributed by atoms with van der Waals surface area (Å²) in [5.74, 6) is 1.51. The van der Waals surface area contributed by atoms with Gasteiger partial charge in [-0.05, 0) is 31.2 Å². The number of aryl methyl sites for hydroxylation is 1. The van der Waals surface area contributed by atoms with Crippen molar-refractivity contribution in [2.45, 2.75) is 13.5 Å². The minimum absolute atomic E-state index is 0.323. The number of aldehydes is 1. The standard InChI is InChI=1S/C16H14N2O2/c1-12-6-5-9-15-14(10-19)17-16(18(12)15)11-20-13-7-3-2-4-8-13/h2-10H,11H2,1H3. The van der Waals surface area contributed by atoms with Gasteiger partial charge in [-0.1, -0.05) is 24.3 Å². The Bertz CT molecular complexity index is 748. The molecule has 3 aromatic rings. The molecule has 0 fully saturated rings. The monoisotopic (exact) mass is 266 g/mol. The molecular weight excluding hydrogens is 252 g/mol. The summed E-state index contributed by atoms with van der Waals surface area (Å²) < 4.78 is 7.66. The van der Waals surface area contributed by atoms with Crippen LogP contribution in [0.25, 0.3) is 5.52 Å². The van der Waals surface area contributed by atoms with Crippen molar-refractivity contribution in [2.75, 3.05) is 0 Å². The Morgan fingerprint density at radius 1 is 1.15 bits per heavy atom. The maximum atomic E-state index is 11.1. The molecule has 0 aliphatic carbocycles. The number of rotatable bonds is 4. The Kier molecular flexibility index (Phi) is 3.21. The Morgan fingerprint density at radius 3 is 2.70 bits per heavy atom. The Morgan fingerprint density at radius 2 is 1.95 bits per heavy atom. The molecule has 0 atom stereocenters. The molecular formula is C16H14N2O2. The van der Waals surface area contributed by atoms with E-state index in [-0.39, 0.29) is 0 Å². The molecule has 0 N–H and O–H groups in total. The number of imidazole rings is 1. The number of ether oxygens (including phenoxy) is 1. The molecule has 0 aliphatic heterocycles. The summed E-state index contributed by atoms with van der Waals surface area (Å²) in [5.41, 5.74) is 2.28. The lowest BCUT2D eigenvalue weighted by molar-refractivity contribution is 0.112. The molecule has 0 aliphatic rings. The second-order valence-electron chi connectivity index (χ2n) is 4.52. The lowest BCUT2D eigenvalue weighted by Crippen LogP contribution is -2.03. The fourth-order valence-electron chi connectivity index (χ4n) is 2.25. The number of pyridine rings is 1. The Balaban J connectivity index is 1.97. The number of carbonyl (C=O) groups excluding carboxylic acids is 1. The summed E-state index contributed by atoms with van der Waals surface area (Å²) in [6.07, 6.45) is 0.779. The van der Waals surface area contributed by atoms with E-state index in [4.69, 9.17) is 4.74 Å². The summed E-state index contributed by atoms with van der Waals surface area (Å²) in [6, 6.07) is 15.3. The van der Waals surface area contributed by atoms with Gasteiger partial charge in [-0.25, -0.2) is 4.98 Å². The zero-order chi connectivity index (χ0) is 13.9. The zero-order valence-electron chi connectivity index (χ0n) is 11.1. The van der Waals surface area contributed by atoms with Crippen LogP contribution in [0.5, 0.6) is 5.75 Å². The van der Waals surface area contributed by atoms with Crippen LogP contribution in [0.4, 0.5) is 0 Å². The summed E-state index contributed by atoms with van der Waals surface area (Å²) in [6.45, 7) is 2.30. The molecule has 0 unspecified atom stereocenters. The van der Waals surface area contributed by atoms with Crippen molar-refractivity contribution >= 4 is 11.8 Å². The van der Waals surface area contributed by atoms with Crippen molar-refractivity contribution in [1.82, 2.24) is 9.38 Å². The Hall–Kier alpha value is -2.62. The predicted octanol–water partition coefficient (Wildman–Crippen LogP) is 3.03. The van der Waals surface area contributed by atoms with Gasteiger partial charge in [0.1, 0.15) is 18.1 Å². The van der Waals surface area contributed by atoms with Gasteiger partial charge in [0, 0.05) is 5.69 Å². The number of nitrogens with zero attached hydrogens (tertiary/aromatic N) is 2. The third kappa shape index (κ3) is 2.16. The highest BCUT2D eigenvalue weighted by molar-refractivity contribution is 5.83. The number of benzene rings is 1. The average molecular weight is 266 g/mol. The average Bonchev–Trinajstić information content (AvgIpc) is 2.86. The van der Waals surface area contributed by atoms with Crippen LogP contribution < -0.4 is 4.74 Å². The van der Waals surface area contributed by atoms with E-state index in [0.717, 1.165) is 29.1 Å². The molecule has 1 aromatic carbocycles. The maximum Gasteiger partial charge on any atom is 0.170 e. The highest BCUT2D eigenvalue weighted by Crippen LogP contribution is 2.17. The van der Waals surface area contributed by atoms with Gasteiger partial charge >= 0.3 is 0 Å². The first-order valence-corrected chi connectivity index (χ1v) is 6.39. The Labute approximate surface area is 116 Å². The molecule has 0 saturated heterocycles. The van der Waals surface area contributed by atoms with Gasteiger partial charge < -0.3 is 4.74 Å². The van der Waals surface area contributed by atoms with Gasteiger partial charge in [0.15, 0.2) is 12.1 Å². The fraction of sp³-hybridized carbons (Fsp3) is 0.125. The second-order valence-corrected chi connectivity index (χ2v) is 4.52. The van der Waals surface area contributed by atoms with Crippen LogP contribution in [-0.4, -0.2) is 15.7 Å². The molecule has 4 nitrogen and oxygen atoms in total. The van der Waals surface area contributed by atoms with Gasteiger partial charge in [-0.2, -0.15) is 0 Å². The number of para-hydroxylation sites is 1. The van der Waals surface area contributed by atoms with E-state index in [0.29, 0.717) is 12.3 Å². The SMILES string of the molecule is Cc1cccc2c(C=O)nc(COc3ccccc3)n12. The van der Waals surface area contributed by atoms with Gasteiger partial charge in [0.25, 0.3) is 0 Å². The number of hydrogen-bond acceptors (Lipinski definition) is 3. The summed E-state index contributed by atoms with van der Waals surface area (Å²) >= 11 is 0. The van der Waals surface area contributed by atoms with Crippen LogP contribution in [0, 0.1) is 6.92 Å². The van der Waals surface area contributed by atoms with Crippen molar-refractivity contribution < 1.29 is 9.53 Å². The first-order chi connectivity index (χ1) is 9.79. The second kappa shape index (κ2) is 5.17. The maximum absolute atomic E-state index is 11.1. The molecule has 3 rings (SSSR count). The van der Waals surface area contributed by atoms with Crippen molar-refractivity contribution in [3.63, 3.8) is 0 Å². The molecule has 2 aromatic heterocycles. The van der Waals surface area contributed by atoms with Crippen LogP contribution in [0.15, 0.2) is 48.5 Å². The lowest BCUT2D eigenvalue weighted by Gasteiger charge is -2.07. The van der Waals surface area contributed by atoms with E-state index in [1.165, 1.54) is 0 Å². The normalized spacial score (nSPS) is 10.7. The molecule has 0 bridgehead atoms. The number of carbonyl (C=O) groups is 1. The predicted molar refractivity (Wildman–Crippen MR) is 76.1 cm³/mol. The van der Waals surface area contributed by atoms with Crippen molar-refractivity contribution in [3.8, 4) is 5.75 Å². The van der Waals surface area contributed by atoms with Gasteiger partial charge in [-0.15, -0.1) is 0 Å². The van der Waals surface area contributed by atoms with E-state index >= 15 is 0 Å². The molecule has 20 heavy (non-hydrogen) atoms. The van der Waals surface area contributed by atoms with Crippen molar-refractivity contribution in [1.29, 1.82) is 0 Å². The van der Waals surface area contributed by atoms with Crippen molar-refractivity contribution in [2.24, 2.45) is 0 Å². The van der Waals surface area contributed by atoms with Crippen LogP contribution in [0.2, 0.25) is 0 Å². The quantitative estimate of drug-likeness (QED) is 0.682. The minimum atomic E-state index is 0.323. The van der Waals surface area contributed by atoms with Gasteiger partial charge in [0.2, 0.25) is 0 Å². The van der Waals surface area contributed by atoms with Crippen molar-refractivity contribution in [3.05, 3.63) is 65.7 Å². The summed E-state index contributed by atoms with van der Waals surface area (Å²) in [4.78, 5) is 15.5. The van der Waals surface area contributed by atoms with Crippen LogP contribution >= 0.6 is 0 Å². The zero-order valence-corrected chi connectivity index (χ0v) is 11.1. The van der Waals surface area contributed by atoms with Gasteiger partial charge in [-0.3, -0.25) is 9.20 Å². The van der Waals surface area contributed by atoms with Crippen LogP contribution in [-0.2, 0) is 6.61 Å². The molecule has 0 saturated carbocycles. The fourth-order valence-corrected chi connectivity index (χ4v) is 2.25. The van der Waals surface area contributed by atoms with E-state index < -0.39 is 0 Å². The van der Waals surface area contributed by atoms with E-state index in [1.54, 1.807) is 0 Å². The number of hydrogen-bond donors (Lipinski definition) is 0. The first kappa shape index (κ1) is 12.4. The molecule has 4 heteroatoms. The molecule has 100 valence electrons. The number of aromatic nitrogens is 2. The topological polar surface area (TPSA) is 43.6 Å². The molecule has 0 spiro atoms. The lowest BCUT2D eigenvalue weighted by atomic mass is 10.3.